The first-order valence-corrected chi connectivity index (χ1v) is 5.06. The molecule has 1 fully saturated rings. The van der Waals surface area contributed by atoms with Crippen LogP contribution >= 0.6 is 11.6 Å². The molecule has 0 N–H and O–H groups in total. The fourth-order valence-corrected chi connectivity index (χ4v) is 1.88. The van der Waals surface area contributed by atoms with Gasteiger partial charge >= 0.3 is 0 Å². The summed E-state index contributed by atoms with van der Waals surface area (Å²) < 4.78 is 0. The summed E-state index contributed by atoms with van der Waals surface area (Å²) >= 11 is 5.91. The average Bonchev–Trinajstić information content (AvgIpc) is 2.16. The van der Waals surface area contributed by atoms with Crippen molar-refractivity contribution in [3.8, 4) is 6.07 Å². The molecule has 0 radical (unpaired) electrons. The average molecular weight is 207 g/mol. The van der Waals surface area contributed by atoms with Crippen LogP contribution in [0.2, 0.25) is 5.02 Å². The molecule has 2 rings (SSSR count). The van der Waals surface area contributed by atoms with Gasteiger partial charge in [0, 0.05) is 17.6 Å². The standard InChI is InChI=1S/C11H11ClN2/c1-8-4-5-14(8)11-6-10(12)3-2-9(11)7-13/h2-3,6,8H,4-5H2,1H3. The summed E-state index contributed by atoms with van der Waals surface area (Å²) in [5.74, 6) is 0. The van der Waals surface area contributed by atoms with E-state index < -0.39 is 0 Å². The second-order valence-corrected chi connectivity index (χ2v) is 4.04. The molecule has 1 aromatic rings. The number of hydrogen-bond acceptors (Lipinski definition) is 2. The van der Waals surface area contributed by atoms with Gasteiger partial charge in [0.2, 0.25) is 0 Å². The van der Waals surface area contributed by atoms with Crippen LogP contribution in [0.3, 0.4) is 0 Å². The third-order valence-electron chi connectivity index (χ3n) is 2.71. The molecule has 14 heavy (non-hydrogen) atoms. The van der Waals surface area contributed by atoms with Crippen molar-refractivity contribution in [2.24, 2.45) is 0 Å². The molecule has 0 aromatic heterocycles. The quantitative estimate of drug-likeness (QED) is 0.707. The predicted octanol–water partition coefficient (Wildman–Crippen LogP) is 2.81. The topological polar surface area (TPSA) is 27.0 Å². The molecule has 0 amide bonds. The van der Waals surface area contributed by atoms with Crippen LogP contribution in [0.15, 0.2) is 18.2 Å². The maximum Gasteiger partial charge on any atom is 0.101 e. The van der Waals surface area contributed by atoms with Gasteiger partial charge in [-0.05, 0) is 31.5 Å². The lowest BCUT2D eigenvalue weighted by molar-refractivity contribution is 0.481. The van der Waals surface area contributed by atoms with E-state index in [-0.39, 0.29) is 0 Å². The second kappa shape index (κ2) is 3.51. The highest BCUT2D eigenvalue weighted by molar-refractivity contribution is 6.30. The number of halogens is 1. The molecule has 1 aliphatic heterocycles. The Kier molecular flexibility index (Phi) is 2.35. The van der Waals surface area contributed by atoms with Crippen LogP contribution in [0, 0.1) is 11.3 Å². The van der Waals surface area contributed by atoms with E-state index in [0.29, 0.717) is 16.6 Å². The van der Waals surface area contributed by atoms with Gasteiger partial charge in [-0.2, -0.15) is 5.26 Å². The van der Waals surface area contributed by atoms with Crippen molar-refractivity contribution in [3.63, 3.8) is 0 Å². The highest BCUT2D eigenvalue weighted by Gasteiger charge is 2.25. The molecule has 1 aromatic carbocycles. The van der Waals surface area contributed by atoms with Gasteiger partial charge in [-0.25, -0.2) is 0 Å². The lowest BCUT2D eigenvalue weighted by atomic mass is 10.0. The Morgan fingerprint density at radius 2 is 2.36 bits per heavy atom. The summed E-state index contributed by atoms with van der Waals surface area (Å²) in [6.07, 6.45) is 1.19. The van der Waals surface area contributed by atoms with Crippen molar-refractivity contribution in [3.05, 3.63) is 28.8 Å². The second-order valence-electron chi connectivity index (χ2n) is 3.60. The van der Waals surface area contributed by atoms with E-state index in [1.807, 2.05) is 6.07 Å². The Hall–Kier alpha value is -1.20. The zero-order chi connectivity index (χ0) is 10.1. The smallest absolute Gasteiger partial charge is 0.101 e. The third kappa shape index (κ3) is 1.44. The summed E-state index contributed by atoms with van der Waals surface area (Å²) in [5, 5.41) is 9.64. The molecule has 1 unspecified atom stereocenters. The van der Waals surface area contributed by atoms with Crippen molar-refractivity contribution in [2.75, 3.05) is 11.4 Å². The number of nitriles is 1. The number of rotatable bonds is 1. The minimum absolute atomic E-state index is 0.528. The summed E-state index contributed by atoms with van der Waals surface area (Å²) in [7, 11) is 0. The molecule has 1 aliphatic rings. The summed E-state index contributed by atoms with van der Waals surface area (Å²) in [6, 6.07) is 8.13. The van der Waals surface area contributed by atoms with Gasteiger partial charge in [0.05, 0.1) is 11.3 Å². The molecule has 1 atom stereocenters. The van der Waals surface area contributed by atoms with E-state index in [1.165, 1.54) is 6.42 Å². The van der Waals surface area contributed by atoms with E-state index in [0.717, 1.165) is 12.2 Å². The Morgan fingerprint density at radius 1 is 1.57 bits per heavy atom. The summed E-state index contributed by atoms with van der Waals surface area (Å²) in [5.41, 5.74) is 1.68. The zero-order valence-corrected chi connectivity index (χ0v) is 8.75. The largest absolute Gasteiger partial charge is 0.368 e. The molecule has 72 valence electrons. The minimum atomic E-state index is 0.528. The third-order valence-corrected chi connectivity index (χ3v) is 2.94. The van der Waals surface area contributed by atoms with Gasteiger partial charge in [-0.15, -0.1) is 0 Å². The Bertz CT molecular complexity index is 395. The molecule has 0 bridgehead atoms. The summed E-state index contributed by atoms with van der Waals surface area (Å²) in [6.45, 7) is 3.18. The number of benzene rings is 1. The van der Waals surface area contributed by atoms with Crippen LogP contribution in [0.5, 0.6) is 0 Å². The Morgan fingerprint density at radius 3 is 2.86 bits per heavy atom. The molecule has 2 nitrogen and oxygen atoms in total. The molecular weight excluding hydrogens is 196 g/mol. The first-order chi connectivity index (χ1) is 6.72. The first kappa shape index (κ1) is 9.36. The molecule has 1 saturated heterocycles. The molecular formula is C11H11ClN2. The fourth-order valence-electron chi connectivity index (χ4n) is 1.71. The van der Waals surface area contributed by atoms with Crippen molar-refractivity contribution < 1.29 is 0 Å². The predicted molar refractivity (Wildman–Crippen MR) is 57.6 cm³/mol. The Balaban J connectivity index is 2.40. The summed E-state index contributed by atoms with van der Waals surface area (Å²) in [4.78, 5) is 2.21. The van der Waals surface area contributed by atoms with E-state index >= 15 is 0 Å². The molecule has 0 spiro atoms. The van der Waals surface area contributed by atoms with E-state index in [2.05, 4.69) is 17.9 Å². The monoisotopic (exact) mass is 206 g/mol. The van der Waals surface area contributed by atoms with Crippen molar-refractivity contribution >= 4 is 17.3 Å². The van der Waals surface area contributed by atoms with Crippen LogP contribution in [0.1, 0.15) is 18.9 Å². The van der Waals surface area contributed by atoms with E-state index in [1.54, 1.807) is 12.1 Å². The van der Waals surface area contributed by atoms with Crippen molar-refractivity contribution in [1.29, 1.82) is 5.26 Å². The van der Waals surface area contributed by atoms with Crippen LogP contribution < -0.4 is 4.90 Å². The van der Waals surface area contributed by atoms with Crippen LogP contribution in [0.4, 0.5) is 5.69 Å². The minimum Gasteiger partial charge on any atom is -0.368 e. The Labute approximate surface area is 88.7 Å². The number of hydrogen-bond donors (Lipinski definition) is 0. The highest BCUT2D eigenvalue weighted by Crippen LogP contribution is 2.31. The number of anilines is 1. The highest BCUT2D eigenvalue weighted by atomic mass is 35.5. The van der Waals surface area contributed by atoms with Crippen LogP contribution in [0.25, 0.3) is 0 Å². The van der Waals surface area contributed by atoms with E-state index in [4.69, 9.17) is 16.9 Å². The van der Waals surface area contributed by atoms with Gasteiger partial charge in [-0.1, -0.05) is 11.6 Å². The van der Waals surface area contributed by atoms with Gasteiger partial charge in [0.15, 0.2) is 0 Å². The molecule has 0 saturated carbocycles. The number of nitrogens with zero attached hydrogens (tertiary/aromatic N) is 2. The van der Waals surface area contributed by atoms with Crippen LogP contribution in [-0.2, 0) is 0 Å². The maximum atomic E-state index is 8.94. The zero-order valence-electron chi connectivity index (χ0n) is 8.00. The van der Waals surface area contributed by atoms with Crippen molar-refractivity contribution in [1.82, 2.24) is 0 Å². The maximum absolute atomic E-state index is 8.94. The normalized spacial score (nSPS) is 20.1. The lowest BCUT2D eigenvalue weighted by Gasteiger charge is -2.41. The first-order valence-electron chi connectivity index (χ1n) is 4.68. The van der Waals surface area contributed by atoms with Gasteiger partial charge in [0.25, 0.3) is 0 Å². The fraction of sp³-hybridized carbons (Fsp3) is 0.364. The van der Waals surface area contributed by atoms with E-state index in [9.17, 15) is 0 Å². The SMILES string of the molecule is CC1CCN1c1cc(Cl)ccc1C#N. The van der Waals surface area contributed by atoms with Gasteiger partial charge < -0.3 is 4.90 Å². The van der Waals surface area contributed by atoms with Crippen molar-refractivity contribution in [2.45, 2.75) is 19.4 Å². The van der Waals surface area contributed by atoms with Gasteiger partial charge in [0.1, 0.15) is 6.07 Å². The van der Waals surface area contributed by atoms with Gasteiger partial charge in [-0.3, -0.25) is 0 Å². The molecule has 0 aliphatic carbocycles. The lowest BCUT2D eigenvalue weighted by Crippen LogP contribution is -2.46. The molecule has 3 heteroatoms. The van der Waals surface area contributed by atoms with Crippen LogP contribution in [-0.4, -0.2) is 12.6 Å². The molecule has 1 heterocycles.